The number of hydrogen-bond donors (Lipinski definition) is 1. The maximum Gasteiger partial charge on any atom is 0.125 e. The van der Waals surface area contributed by atoms with Crippen molar-refractivity contribution in [1.29, 1.82) is 0 Å². The van der Waals surface area contributed by atoms with E-state index in [0.717, 1.165) is 21.1 Å². The van der Waals surface area contributed by atoms with Gasteiger partial charge in [0.1, 0.15) is 5.01 Å². The van der Waals surface area contributed by atoms with Crippen LogP contribution < -0.4 is 5.73 Å². The van der Waals surface area contributed by atoms with Crippen LogP contribution in [0.5, 0.6) is 0 Å². The quantitative estimate of drug-likeness (QED) is 0.936. The minimum absolute atomic E-state index is 0.446. The lowest BCUT2D eigenvalue weighted by atomic mass is 10.2. The van der Waals surface area contributed by atoms with Crippen molar-refractivity contribution in [3.05, 3.63) is 38.8 Å². The fourth-order valence-corrected chi connectivity index (χ4v) is 3.11. The molecule has 0 fully saturated rings. The third-order valence-electron chi connectivity index (χ3n) is 2.41. The molecule has 0 unspecified atom stereocenters. The summed E-state index contributed by atoms with van der Waals surface area (Å²) in [6.45, 7) is 0.899. The van der Waals surface area contributed by atoms with Crippen LogP contribution in [0.1, 0.15) is 10.6 Å². The van der Waals surface area contributed by atoms with Gasteiger partial charge in [-0.3, -0.25) is 0 Å². The van der Waals surface area contributed by atoms with Gasteiger partial charge in [0.05, 0.1) is 17.3 Å². The predicted molar refractivity (Wildman–Crippen MR) is 76.2 cm³/mol. The first-order valence-electron chi connectivity index (χ1n) is 5.28. The number of hydrogen-bond acceptors (Lipinski definition) is 4. The molecule has 1 aromatic carbocycles. The molecular weight excluding hydrogens is 291 g/mol. The summed E-state index contributed by atoms with van der Waals surface area (Å²) in [5.74, 6) is 0. The SMILES string of the molecule is COCc1nc(-c2ccc(Cl)cc2Cl)sc1CN. The fraction of sp³-hybridized carbons (Fsp3) is 0.250. The van der Waals surface area contributed by atoms with Crippen molar-refractivity contribution in [1.82, 2.24) is 4.98 Å². The third-order valence-corrected chi connectivity index (χ3v) is 4.11. The van der Waals surface area contributed by atoms with E-state index >= 15 is 0 Å². The zero-order valence-corrected chi connectivity index (χ0v) is 12.1. The number of thiazole rings is 1. The average Bonchev–Trinajstić information content (AvgIpc) is 2.72. The molecule has 0 aliphatic heterocycles. The molecule has 2 rings (SSSR count). The summed E-state index contributed by atoms with van der Waals surface area (Å²) in [6.07, 6.45) is 0. The zero-order chi connectivity index (χ0) is 13.1. The smallest absolute Gasteiger partial charge is 0.125 e. The highest BCUT2D eigenvalue weighted by Gasteiger charge is 2.13. The molecule has 0 saturated heterocycles. The van der Waals surface area contributed by atoms with Crippen LogP contribution in [0, 0.1) is 0 Å². The van der Waals surface area contributed by atoms with Crippen LogP contribution in [-0.2, 0) is 17.9 Å². The van der Waals surface area contributed by atoms with E-state index in [0.29, 0.717) is 23.2 Å². The first kappa shape index (κ1) is 13.8. The van der Waals surface area contributed by atoms with E-state index in [9.17, 15) is 0 Å². The Labute approximate surface area is 120 Å². The third kappa shape index (κ3) is 2.84. The molecule has 0 saturated carbocycles. The van der Waals surface area contributed by atoms with E-state index in [1.54, 1.807) is 19.2 Å². The van der Waals surface area contributed by atoms with Gasteiger partial charge in [0.15, 0.2) is 0 Å². The maximum atomic E-state index is 6.17. The number of methoxy groups -OCH3 is 1. The molecule has 3 nitrogen and oxygen atoms in total. The van der Waals surface area contributed by atoms with Crippen LogP contribution in [0.25, 0.3) is 10.6 Å². The number of aromatic nitrogens is 1. The second-order valence-electron chi connectivity index (χ2n) is 3.65. The molecule has 1 heterocycles. The van der Waals surface area contributed by atoms with Crippen LogP contribution in [0.2, 0.25) is 10.0 Å². The summed E-state index contributed by atoms with van der Waals surface area (Å²) in [4.78, 5) is 5.53. The Morgan fingerprint density at radius 3 is 2.78 bits per heavy atom. The molecule has 96 valence electrons. The Morgan fingerprint density at radius 2 is 2.17 bits per heavy atom. The zero-order valence-electron chi connectivity index (χ0n) is 9.74. The average molecular weight is 303 g/mol. The molecule has 0 aliphatic carbocycles. The monoisotopic (exact) mass is 302 g/mol. The number of rotatable bonds is 4. The van der Waals surface area contributed by atoms with Crippen molar-refractivity contribution in [2.24, 2.45) is 5.73 Å². The first-order chi connectivity index (χ1) is 8.65. The molecule has 0 spiro atoms. The van der Waals surface area contributed by atoms with E-state index in [2.05, 4.69) is 4.98 Å². The van der Waals surface area contributed by atoms with Crippen LogP contribution >= 0.6 is 34.5 Å². The largest absolute Gasteiger partial charge is 0.378 e. The van der Waals surface area contributed by atoms with E-state index in [-0.39, 0.29) is 0 Å². The second-order valence-corrected chi connectivity index (χ2v) is 5.58. The lowest BCUT2D eigenvalue weighted by molar-refractivity contribution is 0.181. The molecule has 2 aromatic rings. The number of nitrogens with two attached hydrogens (primary N) is 1. The molecule has 0 radical (unpaired) electrons. The van der Waals surface area contributed by atoms with E-state index in [1.165, 1.54) is 11.3 Å². The number of ether oxygens (including phenoxy) is 1. The highest BCUT2D eigenvalue weighted by atomic mass is 35.5. The first-order valence-corrected chi connectivity index (χ1v) is 6.86. The highest BCUT2D eigenvalue weighted by Crippen LogP contribution is 2.34. The van der Waals surface area contributed by atoms with Crippen molar-refractivity contribution < 1.29 is 4.74 Å². The van der Waals surface area contributed by atoms with Gasteiger partial charge in [0, 0.05) is 29.1 Å². The van der Waals surface area contributed by atoms with Crippen molar-refractivity contribution in [3.8, 4) is 10.6 Å². The van der Waals surface area contributed by atoms with Crippen molar-refractivity contribution in [2.75, 3.05) is 7.11 Å². The molecule has 0 aliphatic rings. The number of benzene rings is 1. The molecule has 18 heavy (non-hydrogen) atoms. The number of nitrogens with zero attached hydrogens (tertiary/aromatic N) is 1. The van der Waals surface area contributed by atoms with Gasteiger partial charge in [-0.15, -0.1) is 11.3 Å². The Bertz CT molecular complexity index is 557. The molecular formula is C12H12Cl2N2OS. The lowest BCUT2D eigenvalue weighted by Crippen LogP contribution is -1.99. The van der Waals surface area contributed by atoms with Crippen molar-refractivity contribution in [3.63, 3.8) is 0 Å². The second kappa shape index (κ2) is 5.99. The van der Waals surface area contributed by atoms with E-state index < -0.39 is 0 Å². The molecule has 0 bridgehead atoms. The van der Waals surface area contributed by atoms with Gasteiger partial charge in [0.2, 0.25) is 0 Å². The van der Waals surface area contributed by atoms with Gasteiger partial charge >= 0.3 is 0 Å². The Morgan fingerprint density at radius 1 is 1.39 bits per heavy atom. The lowest BCUT2D eigenvalue weighted by Gasteiger charge is -2.00. The van der Waals surface area contributed by atoms with Crippen LogP contribution in [-0.4, -0.2) is 12.1 Å². The summed E-state index contributed by atoms with van der Waals surface area (Å²) in [7, 11) is 1.63. The van der Waals surface area contributed by atoms with Crippen LogP contribution in [0.4, 0.5) is 0 Å². The number of halogens is 2. The molecule has 0 atom stereocenters. The minimum atomic E-state index is 0.446. The van der Waals surface area contributed by atoms with Gasteiger partial charge in [-0.1, -0.05) is 23.2 Å². The van der Waals surface area contributed by atoms with Gasteiger partial charge in [-0.05, 0) is 18.2 Å². The molecule has 0 amide bonds. The summed E-state index contributed by atoms with van der Waals surface area (Å²) in [5, 5.41) is 2.03. The molecule has 1 aromatic heterocycles. The molecule has 6 heteroatoms. The molecule has 2 N–H and O–H groups in total. The predicted octanol–water partition coefficient (Wildman–Crippen LogP) is 3.72. The summed E-state index contributed by atoms with van der Waals surface area (Å²) < 4.78 is 5.10. The standard InChI is InChI=1S/C12H12Cl2N2OS/c1-17-6-10-11(5-15)18-12(16-10)8-3-2-7(13)4-9(8)14/h2-4H,5-6,15H2,1H3. The van der Waals surface area contributed by atoms with E-state index in [1.807, 2.05) is 6.07 Å². The van der Waals surface area contributed by atoms with Crippen molar-refractivity contribution in [2.45, 2.75) is 13.2 Å². The van der Waals surface area contributed by atoms with Crippen molar-refractivity contribution >= 4 is 34.5 Å². The summed E-state index contributed by atoms with van der Waals surface area (Å²) >= 11 is 13.6. The van der Waals surface area contributed by atoms with Crippen LogP contribution in [0.15, 0.2) is 18.2 Å². The maximum absolute atomic E-state index is 6.17. The fourth-order valence-electron chi connectivity index (χ4n) is 1.57. The summed E-state index contributed by atoms with van der Waals surface area (Å²) in [5.41, 5.74) is 7.43. The Kier molecular flexibility index (Phi) is 4.59. The Balaban J connectivity index is 2.44. The topological polar surface area (TPSA) is 48.1 Å². The van der Waals surface area contributed by atoms with Gasteiger partial charge in [0.25, 0.3) is 0 Å². The normalized spacial score (nSPS) is 10.9. The Hall–Kier alpha value is -0.650. The van der Waals surface area contributed by atoms with Gasteiger partial charge in [-0.2, -0.15) is 0 Å². The van der Waals surface area contributed by atoms with E-state index in [4.69, 9.17) is 33.7 Å². The van der Waals surface area contributed by atoms with Crippen LogP contribution in [0.3, 0.4) is 0 Å². The summed E-state index contributed by atoms with van der Waals surface area (Å²) in [6, 6.07) is 5.36. The minimum Gasteiger partial charge on any atom is -0.378 e. The van der Waals surface area contributed by atoms with Gasteiger partial charge < -0.3 is 10.5 Å². The van der Waals surface area contributed by atoms with Gasteiger partial charge in [-0.25, -0.2) is 4.98 Å². The highest BCUT2D eigenvalue weighted by molar-refractivity contribution is 7.15.